The van der Waals surface area contributed by atoms with Gasteiger partial charge in [0, 0.05) is 23.7 Å². The fraction of sp³-hybridized carbons (Fsp3) is 0.150. The molecule has 0 atom stereocenters. The van der Waals surface area contributed by atoms with E-state index in [4.69, 9.17) is 11.6 Å². The van der Waals surface area contributed by atoms with Crippen LogP contribution in [-0.2, 0) is 4.79 Å². The monoisotopic (exact) mass is 452 g/mol. The Balaban J connectivity index is 1.54. The Bertz CT molecular complexity index is 981. The van der Waals surface area contributed by atoms with E-state index in [-0.39, 0.29) is 29.3 Å². The standard InChI is InChI=1S/C20H15ClF2N2O4S/c21-14-5-1-12(2-6-14)11-16-18(27)25(20(28)30-16)10-9-24-17(26)13-3-7-15(8-4-13)29-19(22)23/h1-8,11,19H,9-10H2,(H,24,26)/b16-11-. The molecular weight excluding hydrogens is 438 g/mol. The number of nitrogens with one attached hydrogen (secondary N) is 1. The van der Waals surface area contributed by atoms with Crippen LogP contribution >= 0.6 is 23.4 Å². The molecule has 1 N–H and O–H groups in total. The van der Waals surface area contributed by atoms with Crippen LogP contribution in [0.15, 0.2) is 53.4 Å². The zero-order chi connectivity index (χ0) is 21.7. The van der Waals surface area contributed by atoms with Crippen LogP contribution < -0.4 is 10.1 Å². The number of imide groups is 1. The number of rotatable bonds is 7. The Kier molecular flexibility index (Phi) is 7.07. The lowest BCUT2D eigenvalue weighted by Gasteiger charge is -2.13. The molecule has 1 aliphatic heterocycles. The van der Waals surface area contributed by atoms with Gasteiger partial charge in [0.05, 0.1) is 4.91 Å². The van der Waals surface area contributed by atoms with Crippen molar-refractivity contribution < 1.29 is 27.9 Å². The second-order valence-corrected chi connectivity index (χ2v) is 7.47. The first-order valence-corrected chi connectivity index (χ1v) is 9.87. The van der Waals surface area contributed by atoms with E-state index in [1.165, 1.54) is 24.3 Å². The highest BCUT2D eigenvalue weighted by atomic mass is 35.5. The van der Waals surface area contributed by atoms with Crippen molar-refractivity contribution in [3.05, 3.63) is 69.6 Å². The molecule has 30 heavy (non-hydrogen) atoms. The SMILES string of the molecule is O=C(NCCN1C(=O)S/C(=C\c2ccc(Cl)cc2)C1=O)c1ccc(OC(F)F)cc1. The Morgan fingerprint density at radius 1 is 1.13 bits per heavy atom. The summed E-state index contributed by atoms with van der Waals surface area (Å²) in [5.41, 5.74) is 0.964. The molecule has 1 fully saturated rings. The fourth-order valence-corrected chi connectivity index (χ4v) is 3.57. The van der Waals surface area contributed by atoms with Crippen LogP contribution in [0.25, 0.3) is 6.08 Å². The zero-order valence-electron chi connectivity index (χ0n) is 15.3. The van der Waals surface area contributed by atoms with Crippen LogP contribution in [0, 0.1) is 0 Å². The predicted octanol–water partition coefficient (Wildman–Crippen LogP) is 4.41. The maximum atomic E-state index is 12.5. The van der Waals surface area contributed by atoms with Gasteiger partial charge in [-0.2, -0.15) is 8.78 Å². The summed E-state index contributed by atoms with van der Waals surface area (Å²) in [6.45, 7) is -2.90. The molecule has 6 nitrogen and oxygen atoms in total. The van der Waals surface area contributed by atoms with Gasteiger partial charge < -0.3 is 10.1 Å². The third-order valence-electron chi connectivity index (χ3n) is 4.00. The Morgan fingerprint density at radius 2 is 1.80 bits per heavy atom. The van der Waals surface area contributed by atoms with Crippen molar-refractivity contribution in [1.29, 1.82) is 0 Å². The number of benzene rings is 2. The first kappa shape index (κ1) is 21.8. The van der Waals surface area contributed by atoms with E-state index < -0.39 is 23.7 Å². The van der Waals surface area contributed by atoms with Crippen molar-refractivity contribution in [3.8, 4) is 5.75 Å². The van der Waals surface area contributed by atoms with Gasteiger partial charge in [0.2, 0.25) is 0 Å². The van der Waals surface area contributed by atoms with Crippen molar-refractivity contribution in [2.24, 2.45) is 0 Å². The average Bonchev–Trinajstić information content (AvgIpc) is 2.97. The Hall–Kier alpha value is -2.91. The van der Waals surface area contributed by atoms with Crippen LogP contribution in [-0.4, -0.2) is 41.7 Å². The molecular formula is C20H15ClF2N2O4S. The van der Waals surface area contributed by atoms with E-state index in [1.54, 1.807) is 30.3 Å². The molecule has 0 saturated carbocycles. The number of alkyl halides is 2. The molecule has 3 amide bonds. The van der Waals surface area contributed by atoms with Crippen molar-refractivity contribution in [3.63, 3.8) is 0 Å². The van der Waals surface area contributed by atoms with Crippen molar-refractivity contribution >= 4 is 46.5 Å². The van der Waals surface area contributed by atoms with E-state index in [9.17, 15) is 23.2 Å². The van der Waals surface area contributed by atoms with E-state index in [1.807, 2.05) is 0 Å². The number of thioether (sulfide) groups is 1. The fourth-order valence-electron chi connectivity index (χ4n) is 2.57. The average molecular weight is 453 g/mol. The zero-order valence-corrected chi connectivity index (χ0v) is 16.9. The summed E-state index contributed by atoms with van der Waals surface area (Å²) < 4.78 is 28.5. The van der Waals surface area contributed by atoms with E-state index >= 15 is 0 Å². The number of carbonyl (C=O) groups excluding carboxylic acids is 3. The number of halogens is 3. The molecule has 0 radical (unpaired) electrons. The minimum Gasteiger partial charge on any atom is -0.435 e. The molecule has 0 bridgehead atoms. The number of nitrogens with zero attached hydrogens (tertiary/aromatic N) is 1. The number of amides is 3. The van der Waals surface area contributed by atoms with Gasteiger partial charge in [-0.1, -0.05) is 23.7 Å². The Morgan fingerprint density at radius 3 is 2.43 bits per heavy atom. The normalized spacial score (nSPS) is 15.2. The molecule has 2 aromatic carbocycles. The molecule has 3 rings (SSSR count). The molecule has 1 aliphatic rings. The van der Waals surface area contributed by atoms with Crippen molar-refractivity contribution in [1.82, 2.24) is 10.2 Å². The van der Waals surface area contributed by atoms with Crippen LogP contribution in [0.5, 0.6) is 5.75 Å². The van der Waals surface area contributed by atoms with Gasteiger partial charge in [-0.25, -0.2) is 0 Å². The molecule has 156 valence electrons. The minimum atomic E-state index is -2.95. The van der Waals surface area contributed by atoms with Crippen LogP contribution in [0.3, 0.4) is 0 Å². The Labute approximate surface area is 179 Å². The summed E-state index contributed by atoms with van der Waals surface area (Å²) in [5, 5.41) is 2.71. The van der Waals surface area contributed by atoms with Crippen LogP contribution in [0.2, 0.25) is 5.02 Å². The highest BCUT2D eigenvalue weighted by Crippen LogP contribution is 2.32. The largest absolute Gasteiger partial charge is 0.435 e. The summed E-state index contributed by atoms with van der Waals surface area (Å²) >= 11 is 6.65. The van der Waals surface area contributed by atoms with Gasteiger partial charge in [-0.3, -0.25) is 19.3 Å². The number of carbonyl (C=O) groups is 3. The van der Waals surface area contributed by atoms with Crippen LogP contribution in [0.4, 0.5) is 13.6 Å². The second kappa shape index (κ2) is 9.73. The lowest BCUT2D eigenvalue weighted by molar-refractivity contribution is -0.122. The summed E-state index contributed by atoms with van der Waals surface area (Å²) in [6.07, 6.45) is 1.60. The quantitative estimate of drug-likeness (QED) is 0.630. The van der Waals surface area contributed by atoms with Gasteiger partial charge in [-0.05, 0) is 59.8 Å². The van der Waals surface area contributed by atoms with Crippen LogP contribution in [0.1, 0.15) is 15.9 Å². The summed E-state index contributed by atoms with van der Waals surface area (Å²) in [4.78, 5) is 38.1. The maximum absolute atomic E-state index is 12.5. The van der Waals surface area contributed by atoms with E-state index in [0.717, 1.165) is 22.2 Å². The molecule has 0 aliphatic carbocycles. The first-order valence-electron chi connectivity index (χ1n) is 8.67. The van der Waals surface area contributed by atoms with Crippen molar-refractivity contribution in [2.75, 3.05) is 13.1 Å². The second-order valence-electron chi connectivity index (χ2n) is 6.04. The molecule has 1 saturated heterocycles. The molecule has 0 unspecified atom stereocenters. The summed E-state index contributed by atoms with van der Waals surface area (Å²) in [5.74, 6) is -0.975. The number of hydrogen-bond donors (Lipinski definition) is 1. The predicted molar refractivity (Wildman–Crippen MR) is 110 cm³/mol. The third-order valence-corrected chi connectivity index (χ3v) is 5.16. The highest BCUT2D eigenvalue weighted by Gasteiger charge is 2.34. The molecule has 10 heteroatoms. The number of ether oxygens (including phenoxy) is 1. The van der Waals surface area contributed by atoms with Gasteiger partial charge in [0.15, 0.2) is 0 Å². The van der Waals surface area contributed by atoms with E-state index in [0.29, 0.717) is 5.02 Å². The first-order chi connectivity index (χ1) is 14.3. The third kappa shape index (κ3) is 5.58. The lowest BCUT2D eigenvalue weighted by atomic mass is 10.2. The minimum absolute atomic E-state index is 0.000934. The molecule has 1 heterocycles. The van der Waals surface area contributed by atoms with Gasteiger partial charge in [-0.15, -0.1) is 0 Å². The topological polar surface area (TPSA) is 75.7 Å². The van der Waals surface area contributed by atoms with Gasteiger partial charge >= 0.3 is 6.61 Å². The smallest absolute Gasteiger partial charge is 0.387 e. The van der Waals surface area contributed by atoms with Gasteiger partial charge in [0.1, 0.15) is 5.75 Å². The maximum Gasteiger partial charge on any atom is 0.387 e. The van der Waals surface area contributed by atoms with Gasteiger partial charge in [0.25, 0.3) is 17.1 Å². The summed E-state index contributed by atoms with van der Waals surface area (Å²) in [6, 6.07) is 12.0. The van der Waals surface area contributed by atoms with Crippen molar-refractivity contribution in [2.45, 2.75) is 6.61 Å². The summed E-state index contributed by atoms with van der Waals surface area (Å²) in [7, 11) is 0. The lowest BCUT2D eigenvalue weighted by Crippen LogP contribution is -2.37. The molecule has 0 spiro atoms. The van der Waals surface area contributed by atoms with E-state index in [2.05, 4.69) is 10.1 Å². The number of hydrogen-bond acceptors (Lipinski definition) is 5. The molecule has 0 aromatic heterocycles. The molecule has 2 aromatic rings. The highest BCUT2D eigenvalue weighted by molar-refractivity contribution is 8.18.